The molecule has 2 N–H and O–H groups in total. The molecule has 0 spiro atoms. The standard InChI is InChI=1S/C29H30Cl2N2O3/c1-29(17-25(34)35)16-23(20-5-4-6-22(31)15-20)26(18-10-12-21(30)13-11-18)33(28(29)36)27(19-8-9-19)24-7-2-3-14-32-24/h2-7,10-15,19,23,26-28,36H,8-9,16-17H2,1H3,(H,34,35)/t23?,26?,27-,28?,29+/m0/s1. The molecular weight excluding hydrogens is 495 g/mol. The van der Waals surface area contributed by atoms with Crippen LogP contribution in [0.25, 0.3) is 0 Å². The Morgan fingerprint density at radius 3 is 2.42 bits per heavy atom. The summed E-state index contributed by atoms with van der Waals surface area (Å²) in [5.74, 6) is -0.703. The Labute approximate surface area is 221 Å². The first kappa shape index (κ1) is 25.2. The average molecular weight is 525 g/mol. The summed E-state index contributed by atoms with van der Waals surface area (Å²) in [6, 6.07) is 21.0. The highest BCUT2D eigenvalue weighted by molar-refractivity contribution is 6.30. The van der Waals surface area contributed by atoms with E-state index in [0.29, 0.717) is 22.4 Å². The molecule has 1 aliphatic heterocycles. The maximum atomic E-state index is 12.0. The van der Waals surface area contributed by atoms with E-state index in [1.807, 2.05) is 73.7 Å². The van der Waals surface area contributed by atoms with Gasteiger partial charge in [0.15, 0.2) is 0 Å². The minimum Gasteiger partial charge on any atom is -0.481 e. The molecule has 2 aliphatic rings. The molecule has 5 atom stereocenters. The van der Waals surface area contributed by atoms with Gasteiger partial charge in [-0.25, -0.2) is 0 Å². The van der Waals surface area contributed by atoms with Gasteiger partial charge in [0.2, 0.25) is 0 Å². The van der Waals surface area contributed by atoms with E-state index in [-0.39, 0.29) is 24.4 Å². The van der Waals surface area contributed by atoms with Gasteiger partial charge in [0.25, 0.3) is 0 Å². The van der Waals surface area contributed by atoms with Gasteiger partial charge in [-0.1, -0.05) is 60.5 Å². The van der Waals surface area contributed by atoms with Crippen LogP contribution in [-0.4, -0.2) is 32.3 Å². The van der Waals surface area contributed by atoms with E-state index >= 15 is 0 Å². The molecule has 2 fully saturated rings. The zero-order chi connectivity index (χ0) is 25.4. The molecule has 5 nitrogen and oxygen atoms in total. The molecule has 0 amide bonds. The van der Waals surface area contributed by atoms with Crippen molar-refractivity contribution in [3.8, 4) is 0 Å². The van der Waals surface area contributed by atoms with Crippen molar-refractivity contribution in [1.29, 1.82) is 0 Å². The van der Waals surface area contributed by atoms with Gasteiger partial charge in [0.05, 0.1) is 18.2 Å². The molecule has 3 unspecified atom stereocenters. The summed E-state index contributed by atoms with van der Waals surface area (Å²) in [6.07, 6.45) is 3.21. The fraction of sp³-hybridized carbons (Fsp3) is 0.379. The smallest absolute Gasteiger partial charge is 0.304 e. The maximum Gasteiger partial charge on any atom is 0.304 e. The Morgan fingerprint density at radius 2 is 1.81 bits per heavy atom. The van der Waals surface area contributed by atoms with Crippen LogP contribution in [0.4, 0.5) is 0 Å². The third kappa shape index (κ3) is 5.03. The minimum atomic E-state index is -0.989. The number of carboxylic acid groups (broad SMARTS) is 1. The summed E-state index contributed by atoms with van der Waals surface area (Å²) in [4.78, 5) is 18.9. The highest BCUT2D eigenvalue weighted by Gasteiger charge is 2.55. The zero-order valence-corrected chi connectivity index (χ0v) is 21.6. The summed E-state index contributed by atoms with van der Waals surface area (Å²) >= 11 is 12.7. The SMILES string of the molecule is C[C@]1(CC(=O)O)CC(c2cccc(Cl)c2)C(c2ccc(Cl)cc2)N([C@H](c2ccccn2)C2CC2)C1O. The highest BCUT2D eigenvalue weighted by atomic mass is 35.5. The monoisotopic (exact) mass is 524 g/mol. The third-order valence-electron chi connectivity index (χ3n) is 7.72. The minimum absolute atomic E-state index is 0.109. The Bertz CT molecular complexity index is 1220. The number of likely N-dealkylation sites (tertiary alicyclic amines) is 1. The lowest BCUT2D eigenvalue weighted by Gasteiger charge is -2.55. The van der Waals surface area contributed by atoms with Crippen LogP contribution in [0.5, 0.6) is 0 Å². The van der Waals surface area contributed by atoms with Crippen LogP contribution in [0.2, 0.25) is 10.0 Å². The molecule has 5 rings (SSSR count). The van der Waals surface area contributed by atoms with Gasteiger partial charge in [-0.2, -0.15) is 0 Å². The van der Waals surface area contributed by atoms with Gasteiger partial charge < -0.3 is 10.2 Å². The van der Waals surface area contributed by atoms with Gasteiger partial charge >= 0.3 is 5.97 Å². The van der Waals surface area contributed by atoms with E-state index in [9.17, 15) is 15.0 Å². The van der Waals surface area contributed by atoms with Crippen LogP contribution in [0.15, 0.2) is 72.9 Å². The van der Waals surface area contributed by atoms with Crippen molar-refractivity contribution in [2.75, 3.05) is 0 Å². The lowest BCUT2D eigenvalue weighted by atomic mass is 9.66. The molecule has 1 aliphatic carbocycles. The fourth-order valence-corrected chi connectivity index (χ4v) is 6.30. The number of hydrogen-bond acceptors (Lipinski definition) is 4. The van der Waals surface area contributed by atoms with Crippen molar-refractivity contribution in [1.82, 2.24) is 9.88 Å². The average Bonchev–Trinajstić information content (AvgIpc) is 3.68. The molecule has 1 aromatic heterocycles. The van der Waals surface area contributed by atoms with E-state index in [1.165, 1.54) is 0 Å². The number of aromatic nitrogens is 1. The molecule has 36 heavy (non-hydrogen) atoms. The Balaban J connectivity index is 1.72. The van der Waals surface area contributed by atoms with E-state index in [0.717, 1.165) is 29.7 Å². The molecule has 2 aromatic carbocycles. The number of carbonyl (C=O) groups is 1. The third-order valence-corrected chi connectivity index (χ3v) is 8.21. The molecule has 0 radical (unpaired) electrons. The first-order chi connectivity index (χ1) is 17.3. The van der Waals surface area contributed by atoms with Crippen LogP contribution >= 0.6 is 23.2 Å². The largest absolute Gasteiger partial charge is 0.481 e. The summed E-state index contributed by atoms with van der Waals surface area (Å²) in [7, 11) is 0. The van der Waals surface area contributed by atoms with Crippen LogP contribution < -0.4 is 0 Å². The first-order valence-electron chi connectivity index (χ1n) is 12.4. The number of pyridine rings is 1. The van der Waals surface area contributed by atoms with Crippen LogP contribution in [0.3, 0.4) is 0 Å². The summed E-state index contributed by atoms with van der Waals surface area (Å²) in [6.45, 7) is 1.89. The van der Waals surface area contributed by atoms with Gasteiger partial charge in [0.1, 0.15) is 6.23 Å². The van der Waals surface area contributed by atoms with Crippen molar-refractivity contribution in [3.63, 3.8) is 0 Å². The van der Waals surface area contributed by atoms with Gasteiger partial charge in [-0.3, -0.25) is 14.7 Å². The highest BCUT2D eigenvalue weighted by Crippen LogP contribution is 2.58. The second-order valence-corrected chi connectivity index (χ2v) is 11.3. The fourth-order valence-electron chi connectivity index (χ4n) is 5.98. The Morgan fingerprint density at radius 1 is 1.06 bits per heavy atom. The molecule has 0 bridgehead atoms. The molecule has 188 valence electrons. The van der Waals surface area contributed by atoms with E-state index < -0.39 is 17.6 Å². The number of carboxylic acids is 1. The zero-order valence-electron chi connectivity index (χ0n) is 20.1. The van der Waals surface area contributed by atoms with Crippen molar-refractivity contribution in [2.45, 2.75) is 56.8 Å². The number of aliphatic hydroxyl groups excluding tert-OH is 1. The quantitative estimate of drug-likeness (QED) is 0.352. The second-order valence-electron chi connectivity index (χ2n) is 10.4. The molecule has 1 saturated heterocycles. The number of benzene rings is 2. The summed E-state index contributed by atoms with van der Waals surface area (Å²) in [5, 5.41) is 23.1. The maximum absolute atomic E-state index is 12.0. The van der Waals surface area contributed by atoms with Gasteiger partial charge in [-0.15, -0.1) is 0 Å². The van der Waals surface area contributed by atoms with Crippen molar-refractivity contribution in [2.24, 2.45) is 11.3 Å². The van der Waals surface area contributed by atoms with Crippen LogP contribution in [0, 0.1) is 11.3 Å². The van der Waals surface area contributed by atoms with E-state index in [1.54, 1.807) is 6.20 Å². The number of piperidine rings is 1. The topological polar surface area (TPSA) is 73.7 Å². The number of aliphatic hydroxyl groups is 1. The summed E-state index contributed by atoms with van der Waals surface area (Å²) in [5.41, 5.74) is 2.04. The van der Waals surface area contributed by atoms with Gasteiger partial charge in [-0.05, 0) is 72.7 Å². The molecule has 3 aromatic rings. The van der Waals surface area contributed by atoms with E-state index in [4.69, 9.17) is 28.2 Å². The molecule has 2 heterocycles. The van der Waals surface area contributed by atoms with Crippen molar-refractivity contribution in [3.05, 3.63) is 99.8 Å². The lowest BCUT2D eigenvalue weighted by molar-refractivity contribution is -0.181. The normalized spacial score (nSPS) is 27.5. The predicted molar refractivity (Wildman–Crippen MR) is 141 cm³/mol. The van der Waals surface area contributed by atoms with Crippen LogP contribution in [0.1, 0.15) is 67.4 Å². The van der Waals surface area contributed by atoms with Crippen molar-refractivity contribution < 1.29 is 15.0 Å². The number of aliphatic carboxylic acids is 1. The predicted octanol–water partition coefficient (Wildman–Crippen LogP) is 6.87. The molecule has 7 heteroatoms. The van der Waals surface area contributed by atoms with Gasteiger partial charge in [0, 0.05) is 33.6 Å². The molecule has 1 saturated carbocycles. The first-order valence-corrected chi connectivity index (χ1v) is 13.1. The van der Waals surface area contributed by atoms with E-state index in [2.05, 4.69) is 4.90 Å². The Hall–Kier alpha value is -2.44. The van der Waals surface area contributed by atoms with Crippen LogP contribution in [-0.2, 0) is 4.79 Å². The number of hydrogen-bond donors (Lipinski definition) is 2. The molecular formula is C29H30Cl2N2O3. The second kappa shape index (κ2) is 10.1. The number of halogens is 2. The number of rotatable bonds is 7. The number of nitrogens with zero attached hydrogens (tertiary/aromatic N) is 2. The Kier molecular flexibility index (Phi) is 7.10. The lowest BCUT2D eigenvalue weighted by Crippen LogP contribution is -2.57. The summed E-state index contributed by atoms with van der Waals surface area (Å²) < 4.78 is 0. The van der Waals surface area contributed by atoms with Crippen molar-refractivity contribution >= 4 is 29.2 Å².